The fourth-order valence-electron chi connectivity index (χ4n) is 3.75. The largest absolute Gasteiger partial charge is 1.00 e. The van der Waals surface area contributed by atoms with Gasteiger partial charge in [-0.1, -0.05) is 31.4 Å². The maximum atomic E-state index is 14.6. The topological polar surface area (TPSA) is 64.1 Å². The first-order chi connectivity index (χ1) is 16.7. The summed E-state index contributed by atoms with van der Waals surface area (Å²) in [4.78, 5) is 18.4. The van der Waals surface area contributed by atoms with Crippen LogP contribution in [0.4, 0.5) is 19.0 Å². The molecule has 2 heterocycles. The van der Waals surface area contributed by atoms with Gasteiger partial charge in [0, 0.05) is 23.7 Å². The van der Waals surface area contributed by atoms with Gasteiger partial charge >= 0.3 is 18.9 Å². The van der Waals surface area contributed by atoms with E-state index in [1.54, 1.807) is 18.4 Å². The second kappa shape index (κ2) is 13.1. The molecule has 1 aliphatic heterocycles. The normalized spacial score (nSPS) is 17.2. The zero-order valence-corrected chi connectivity index (χ0v) is 21.1. The SMILES string of the molecule is CCC(F)(F)c1cccc2c1OCCC(C)c1nc(c3c[c-]c(F)cc3n1)N[C@@H]2C.[CH2-]CC[C-]=O.[Li+]. The maximum absolute atomic E-state index is 14.6. The fraction of sp³-hybridized carbons (Fsp3) is 0.407. The van der Waals surface area contributed by atoms with Crippen molar-refractivity contribution >= 4 is 23.0 Å². The van der Waals surface area contributed by atoms with Crippen molar-refractivity contribution < 1.29 is 41.6 Å². The van der Waals surface area contributed by atoms with Crippen LogP contribution in [0.2, 0.25) is 0 Å². The number of halogens is 3. The molecule has 188 valence electrons. The van der Waals surface area contributed by atoms with Gasteiger partial charge < -0.3 is 21.8 Å². The van der Waals surface area contributed by atoms with Gasteiger partial charge in [-0.3, -0.25) is 11.3 Å². The number of aromatic nitrogens is 2. The van der Waals surface area contributed by atoms with Gasteiger partial charge in [-0.15, -0.1) is 12.1 Å². The molecule has 0 saturated carbocycles. The van der Waals surface area contributed by atoms with Crippen molar-refractivity contribution in [1.29, 1.82) is 0 Å². The average molecular weight is 491 g/mol. The third-order valence-electron chi connectivity index (χ3n) is 5.83. The van der Waals surface area contributed by atoms with Crippen molar-refractivity contribution in [2.24, 2.45) is 0 Å². The minimum Gasteiger partial charge on any atom is -0.542 e. The zero-order chi connectivity index (χ0) is 25.6. The van der Waals surface area contributed by atoms with E-state index in [1.807, 2.05) is 13.8 Å². The summed E-state index contributed by atoms with van der Waals surface area (Å²) in [6.07, 6.45) is 3.07. The maximum Gasteiger partial charge on any atom is 1.00 e. The van der Waals surface area contributed by atoms with Crippen molar-refractivity contribution in [2.75, 3.05) is 11.9 Å². The van der Waals surface area contributed by atoms with Gasteiger partial charge in [0.25, 0.3) is 5.92 Å². The summed E-state index contributed by atoms with van der Waals surface area (Å²) in [7, 11) is 0. The molecule has 0 radical (unpaired) electrons. The van der Waals surface area contributed by atoms with Crippen LogP contribution >= 0.6 is 0 Å². The number of rotatable bonds is 4. The number of nitrogens with zero attached hydrogens (tertiary/aromatic N) is 2. The van der Waals surface area contributed by atoms with E-state index >= 15 is 0 Å². The third kappa shape index (κ3) is 6.80. The van der Waals surface area contributed by atoms with Crippen molar-refractivity contribution in [3.05, 3.63) is 66.1 Å². The number of fused-ring (bicyclic) bond motifs is 5. The van der Waals surface area contributed by atoms with Gasteiger partial charge in [-0.25, -0.2) is 24.6 Å². The molecule has 2 bridgehead atoms. The Hall–Kier alpha value is -2.56. The van der Waals surface area contributed by atoms with E-state index in [9.17, 15) is 18.0 Å². The average Bonchev–Trinajstić information content (AvgIpc) is 2.85. The predicted molar refractivity (Wildman–Crippen MR) is 130 cm³/mol. The van der Waals surface area contributed by atoms with Crippen LogP contribution in [-0.4, -0.2) is 22.9 Å². The molecule has 0 saturated heterocycles. The number of benzene rings is 2. The minimum absolute atomic E-state index is 0. The van der Waals surface area contributed by atoms with Crippen LogP contribution in [0.5, 0.6) is 5.75 Å². The van der Waals surface area contributed by atoms with E-state index in [1.165, 1.54) is 25.1 Å². The Kier molecular flexibility index (Phi) is 10.8. The molecule has 2 atom stereocenters. The first-order valence-electron chi connectivity index (χ1n) is 11.7. The molecule has 9 heteroatoms. The number of hydrogen-bond acceptors (Lipinski definition) is 5. The molecule has 3 aromatic rings. The predicted octanol–water partition coefficient (Wildman–Crippen LogP) is 3.84. The first-order valence-corrected chi connectivity index (χ1v) is 11.7. The van der Waals surface area contributed by atoms with E-state index in [-0.39, 0.29) is 55.2 Å². The second-order valence-electron chi connectivity index (χ2n) is 8.44. The molecule has 1 unspecified atom stereocenters. The van der Waals surface area contributed by atoms with E-state index in [0.29, 0.717) is 47.4 Å². The van der Waals surface area contributed by atoms with E-state index in [2.05, 4.69) is 28.3 Å². The van der Waals surface area contributed by atoms with Gasteiger partial charge in [-0.2, -0.15) is 12.5 Å². The van der Waals surface area contributed by atoms with E-state index < -0.39 is 11.7 Å². The number of anilines is 1. The summed E-state index contributed by atoms with van der Waals surface area (Å²) >= 11 is 0. The zero-order valence-electron chi connectivity index (χ0n) is 21.1. The van der Waals surface area contributed by atoms with Crippen molar-refractivity contribution in [1.82, 2.24) is 9.97 Å². The fourth-order valence-corrected chi connectivity index (χ4v) is 3.75. The summed E-state index contributed by atoms with van der Waals surface area (Å²) in [6.45, 7) is 8.91. The van der Waals surface area contributed by atoms with Crippen LogP contribution in [0.1, 0.15) is 75.4 Å². The number of ether oxygens (including phenoxy) is 1. The summed E-state index contributed by atoms with van der Waals surface area (Å²) in [6, 6.07) is 9.81. The number of alkyl halides is 2. The molecule has 0 aliphatic carbocycles. The molecule has 0 fully saturated rings. The van der Waals surface area contributed by atoms with E-state index in [4.69, 9.17) is 4.74 Å². The standard InChI is InChI=1S/C23H23F3N3O.C4H6O.Li/c1-4-23(25,26)18-7-5-6-16-14(3)27-22-17-9-8-15(24)12-19(17)28-21(29-22)13(2)10-11-30-20(16)18;1-2-3-4-5;/h5-7,9,12-14H,4,10-11H2,1-3H3,(H,27,28,29);1-3H2;/q-1;-2;+1/t13?,14-;;/m1../s1. The molecule has 1 aromatic heterocycles. The molecule has 2 aromatic carbocycles. The van der Waals surface area contributed by atoms with Crippen LogP contribution < -0.4 is 28.9 Å². The van der Waals surface area contributed by atoms with Crippen LogP contribution in [0.15, 0.2) is 30.3 Å². The monoisotopic (exact) mass is 491 g/mol. The molecule has 4 rings (SSSR count). The Morgan fingerprint density at radius 1 is 1.31 bits per heavy atom. The summed E-state index contributed by atoms with van der Waals surface area (Å²) in [5.41, 5.74) is 0.986. The van der Waals surface area contributed by atoms with Crippen LogP contribution in [0.25, 0.3) is 10.9 Å². The Labute approximate surface area is 222 Å². The van der Waals surface area contributed by atoms with Gasteiger partial charge in [0.1, 0.15) is 11.6 Å². The molecule has 36 heavy (non-hydrogen) atoms. The number of unbranched alkanes of at least 4 members (excludes halogenated alkanes) is 1. The first kappa shape index (κ1) is 29.7. The van der Waals surface area contributed by atoms with E-state index in [0.717, 1.165) is 0 Å². The molecule has 1 N–H and O–H groups in total. The Balaban J connectivity index is 0.000000694. The molecule has 0 spiro atoms. The van der Waals surface area contributed by atoms with Crippen LogP contribution in [0, 0.1) is 18.8 Å². The number of carbonyl (C=O) groups excluding carboxylic acids is 1. The Morgan fingerprint density at radius 3 is 2.69 bits per heavy atom. The Morgan fingerprint density at radius 2 is 2.06 bits per heavy atom. The van der Waals surface area contributed by atoms with Gasteiger partial charge in [0.2, 0.25) is 0 Å². The smallest absolute Gasteiger partial charge is 0.542 e. The number of para-hydroxylation sites is 1. The number of nitrogens with one attached hydrogen (secondary N) is 1. The molecular weight excluding hydrogens is 462 g/mol. The van der Waals surface area contributed by atoms with Crippen molar-refractivity contribution in [3.8, 4) is 5.75 Å². The summed E-state index contributed by atoms with van der Waals surface area (Å²) in [5.74, 6) is -2.31. The minimum atomic E-state index is -2.99. The van der Waals surface area contributed by atoms with Crippen LogP contribution in [0.3, 0.4) is 0 Å². The second-order valence-corrected chi connectivity index (χ2v) is 8.44. The van der Waals surface area contributed by atoms with Gasteiger partial charge in [0.05, 0.1) is 24.0 Å². The molecule has 0 amide bonds. The van der Waals surface area contributed by atoms with Crippen LogP contribution in [-0.2, 0) is 10.7 Å². The third-order valence-corrected chi connectivity index (χ3v) is 5.83. The van der Waals surface area contributed by atoms with Gasteiger partial charge in [0.15, 0.2) is 0 Å². The molecular formula is C27H29F3LiN3O2-2. The molecule has 1 aliphatic rings. The van der Waals surface area contributed by atoms with Crippen molar-refractivity contribution in [2.45, 2.75) is 64.3 Å². The Bertz CT molecular complexity index is 1180. The molecule has 5 nitrogen and oxygen atoms in total. The summed E-state index contributed by atoms with van der Waals surface area (Å²) < 4.78 is 49.0. The van der Waals surface area contributed by atoms with Gasteiger partial charge in [-0.05, 0) is 24.9 Å². The van der Waals surface area contributed by atoms with Crippen molar-refractivity contribution in [3.63, 3.8) is 0 Å². The number of hydrogen-bond donors (Lipinski definition) is 1. The quantitative estimate of drug-likeness (QED) is 0.444. The summed E-state index contributed by atoms with van der Waals surface area (Å²) in [5, 5.41) is 3.92.